The van der Waals surface area contributed by atoms with Gasteiger partial charge in [-0.25, -0.2) is 4.21 Å². The Kier molecular flexibility index (Phi) is 6.49. The van der Waals surface area contributed by atoms with Crippen molar-refractivity contribution in [3.8, 4) is 0 Å². The van der Waals surface area contributed by atoms with Crippen molar-refractivity contribution in [1.29, 1.82) is 0 Å². The van der Waals surface area contributed by atoms with Crippen molar-refractivity contribution in [3.63, 3.8) is 0 Å². The minimum Gasteiger partial charge on any atom is -0.378 e. The summed E-state index contributed by atoms with van der Waals surface area (Å²) in [6, 6.07) is 25.6. The molecule has 5 heteroatoms. The molecule has 28 heavy (non-hydrogen) atoms. The maximum Gasteiger partial charge on any atom is 0.190 e. The second-order valence-corrected chi connectivity index (χ2v) is 8.13. The largest absolute Gasteiger partial charge is 0.378 e. The van der Waals surface area contributed by atoms with Crippen molar-refractivity contribution in [2.75, 3.05) is 38.0 Å². The van der Waals surface area contributed by atoms with Gasteiger partial charge in [-0.1, -0.05) is 42.5 Å². The first-order valence-corrected chi connectivity index (χ1v) is 10.2. The van der Waals surface area contributed by atoms with E-state index in [1.807, 2.05) is 117 Å². The molecular weight excluding hydrogens is 368 g/mol. The van der Waals surface area contributed by atoms with Gasteiger partial charge in [-0.2, -0.15) is 0 Å². The molecule has 4 nitrogen and oxygen atoms in total. The second kappa shape index (κ2) is 9.04. The first-order chi connectivity index (χ1) is 13.5. The molecule has 3 aromatic rings. The van der Waals surface area contributed by atoms with Gasteiger partial charge in [0.05, 0.1) is 4.90 Å². The molecule has 0 bridgehead atoms. The first kappa shape index (κ1) is 20.1. The highest BCUT2D eigenvalue weighted by Crippen LogP contribution is 2.31. The standard InChI is InChI=1S/C23H26N2O2S/c1-24(2)20-14-10-18(11-15-20)23(19-12-16-21(17-13-19)25(3)4)27-28(26)22-8-6-5-7-9-22/h5-17,23H,1-4H3. The zero-order chi connectivity index (χ0) is 20.1. The highest BCUT2D eigenvalue weighted by molar-refractivity contribution is 7.80. The van der Waals surface area contributed by atoms with E-state index in [4.69, 9.17) is 4.18 Å². The molecule has 0 aliphatic rings. The van der Waals surface area contributed by atoms with Crippen LogP contribution in [0.2, 0.25) is 0 Å². The zero-order valence-corrected chi connectivity index (χ0v) is 17.5. The van der Waals surface area contributed by atoms with E-state index < -0.39 is 17.2 Å². The lowest BCUT2D eigenvalue weighted by molar-refractivity contribution is 0.275. The van der Waals surface area contributed by atoms with Gasteiger partial charge in [-0.05, 0) is 47.5 Å². The van der Waals surface area contributed by atoms with Gasteiger partial charge in [-0.3, -0.25) is 4.18 Å². The van der Waals surface area contributed by atoms with Gasteiger partial charge in [0, 0.05) is 39.6 Å². The molecule has 3 aromatic carbocycles. The van der Waals surface area contributed by atoms with Crippen LogP contribution in [-0.2, 0) is 15.3 Å². The molecule has 0 spiro atoms. The number of hydrogen-bond donors (Lipinski definition) is 0. The van der Waals surface area contributed by atoms with Crippen LogP contribution in [0.1, 0.15) is 17.2 Å². The Hall–Kier alpha value is -2.63. The summed E-state index contributed by atoms with van der Waals surface area (Å²) < 4.78 is 18.9. The minimum absolute atomic E-state index is 0.423. The third-order valence-corrected chi connectivity index (χ3v) is 5.57. The fourth-order valence-electron chi connectivity index (χ4n) is 2.87. The molecular formula is C23H26N2O2S. The lowest BCUT2D eigenvalue weighted by Crippen LogP contribution is -2.12. The predicted octanol–water partition coefficient (Wildman–Crippen LogP) is 4.65. The zero-order valence-electron chi connectivity index (χ0n) is 16.7. The van der Waals surface area contributed by atoms with Gasteiger partial charge >= 0.3 is 0 Å². The first-order valence-electron chi connectivity index (χ1n) is 9.14. The molecule has 0 aliphatic heterocycles. The van der Waals surface area contributed by atoms with Crippen LogP contribution in [0.25, 0.3) is 0 Å². The maximum absolute atomic E-state index is 12.8. The minimum atomic E-state index is -1.56. The van der Waals surface area contributed by atoms with E-state index in [0.717, 1.165) is 22.5 Å². The van der Waals surface area contributed by atoms with Gasteiger partial charge in [0.25, 0.3) is 0 Å². The van der Waals surface area contributed by atoms with Crippen molar-refractivity contribution in [1.82, 2.24) is 0 Å². The van der Waals surface area contributed by atoms with Crippen molar-refractivity contribution in [2.45, 2.75) is 11.0 Å². The van der Waals surface area contributed by atoms with E-state index in [1.54, 1.807) is 0 Å². The van der Waals surface area contributed by atoms with E-state index in [9.17, 15) is 4.21 Å². The summed E-state index contributed by atoms with van der Waals surface area (Å²) >= 11 is -1.56. The van der Waals surface area contributed by atoms with E-state index in [2.05, 4.69) is 0 Å². The molecule has 0 radical (unpaired) electrons. The summed E-state index contributed by atoms with van der Waals surface area (Å²) in [6.45, 7) is 0. The molecule has 0 aromatic heterocycles. The summed E-state index contributed by atoms with van der Waals surface area (Å²) in [7, 11) is 8.03. The fourth-order valence-corrected chi connectivity index (χ4v) is 3.76. The third kappa shape index (κ3) is 4.80. The number of benzene rings is 3. The summed E-state index contributed by atoms with van der Waals surface area (Å²) in [6.07, 6.45) is -0.423. The van der Waals surface area contributed by atoms with Crippen molar-refractivity contribution < 1.29 is 8.39 Å². The monoisotopic (exact) mass is 394 g/mol. The molecule has 0 aliphatic carbocycles. The van der Waals surface area contributed by atoms with Crippen molar-refractivity contribution >= 4 is 22.5 Å². The summed E-state index contributed by atoms with van der Waals surface area (Å²) in [5, 5.41) is 0. The van der Waals surface area contributed by atoms with E-state index in [1.165, 1.54) is 0 Å². The van der Waals surface area contributed by atoms with Crippen LogP contribution < -0.4 is 9.80 Å². The average Bonchev–Trinajstić information content (AvgIpc) is 2.72. The SMILES string of the molecule is CN(C)c1ccc(C(OS(=O)c2ccccc2)c2ccc(N(C)C)cc2)cc1. The topological polar surface area (TPSA) is 32.8 Å². The van der Waals surface area contributed by atoms with Gasteiger partial charge < -0.3 is 9.80 Å². The Labute approximate surface area is 170 Å². The normalized spacial score (nSPS) is 12.0. The molecule has 0 fully saturated rings. The van der Waals surface area contributed by atoms with Crippen LogP contribution in [0.5, 0.6) is 0 Å². The molecule has 0 saturated heterocycles. The van der Waals surface area contributed by atoms with E-state index >= 15 is 0 Å². The Morgan fingerprint density at radius 2 is 1.11 bits per heavy atom. The molecule has 0 amide bonds. The molecule has 0 N–H and O–H groups in total. The molecule has 3 rings (SSSR count). The molecule has 1 unspecified atom stereocenters. The molecule has 146 valence electrons. The predicted molar refractivity (Wildman–Crippen MR) is 117 cm³/mol. The Morgan fingerprint density at radius 1 is 0.679 bits per heavy atom. The quantitative estimate of drug-likeness (QED) is 0.584. The highest BCUT2D eigenvalue weighted by atomic mass is 32.2. The Balaban J connectivity index is 1.94. The van der Waals surface area contributed by atoms with Gasteiger partial charge in [-0.15, -0.1) is 0 Å². The highest BCUT2D eigenvalue weighted by Gasteiger charge is 2.20. The number of anilines is 2. The van der Waals surface area contributed by atoms with Crippen LogP contribution in [0.4, 0.5) is 11.4 Å². The maximum atomic E-state index is 12.8. The number of rotatable bonds is 7. The number of nitrogens with zero attached hydrogens (tertiary/aromatic N) is 2. The smallest absolute Gasteiger partial charge is 0.190 e. The summed E-state index contributed by atoms with van der Waals surface area (Å²) in [4.78, 5) is 4.75. The third-order valence-electron chi connectivity index (χ3n) is 4.54. The van der Waals surface area contributed by atoms with E-state index in [0.29, 0.717) is 4.90 Å². The summed E-state index contributed by atoms with van der Waals surface area (Å²) in [5.41, 5.74) is 4.14. The van der Waals surface area contributed by atoms with Crippen LogP contribution in [0, 0.1) is 0 Å². The van der Waals surface area contributed by atoms with Crippen LogP contribution in [0.15, 0.2) is 83.8 Å². The van der Waals surface area contributed by atoms with Gasteiger partial charge in [0.2, 0.25) is 0 Å². The fraction of sp³-hybridized carbons (Fsp3) is 0.217. The molecule has 0 heterocycles. The second-order valence-electron chi connectivity index (χ2n) is 7.00. The molecule has 0 saturated carbocycles. The lowest BCUT2D eigenvalue weighted by atomic mass is 10.0. The summed E-state index contributed by atoms with van der Waals surface area (Å²) in [5.74, 6) is 0. The lowest BCUT2D eigenvalue weighted by Gasteiger charge is -2.20. The Morgan fingerprint density at radius 3 is 1.50 bits per heavy atom. The van der Waals surface area contributed by atoms with Crippen LogP contribution in [-0.4, -0.2) is 32.4 Å². The molecule has 1 atom stereocenters. The van der Waals surface area contributed by atoms with Crippen molar-refractivity contribution in [2.24, 2.45) is 0 Å². The Bertz CT molecular complexity index is 856. The number of hydrogen-bond acceptors (Lipinski definition) is 4. The average molecular weight is 395 g/mol. The van der Waals surface area contributed by atoms with Gasteiger partial charge in [0.1, 0.15) is 6.10 Å². The van der Waals surface area contributed by atoms with Crippen LogP contribution in [0.3, 0.4) is 0 Å². The van der Waals surface area contributed by atoms with Crippen LogP contribution >= 0.6 is 0 Å². The van der Waals surface area contributed by atoms with Crippen molar-refractivity contribution in [3.05, 3.63) is 90.0 Å². The van der Waals surface area contributed by atoms with Gasteiger partial charge in [0.15, 0.2) is 11.1 Å². The van der Waals surface area contributed by atoms with E-state index in [-0.39, 0.29) is 0 Å².